The molecule has 0 unspecified atom stereocenters. The van der Waals surface area contributed by atoms with Gasteiger partial charge in [0.05, 0.1) is 7.11 Å². The molecule has 134 valence electrons. The van der Waals surface area contributed by atoms with E-state index in [1.54, 1.807) is 7.11 Å². The molecule has 3 aromatic carbocycles. The second-order valence-electron chi connectivity index (χ2n) is 5.73. The van der Waals surface area contributed by atoms with E-state index in [9.17, 15) is 0 Å². The lowest BCUT2D eigenvalue weighted by molar-refractivity contribution is 0.281. The summed E-state index contributed by atoms with van der Waals surface area (Å²) in [6.45, 7) is 1.08. The summed E-state index contributed by atoms with van der Waals surface area (Å²) in [4.78, 5) is 0. The Morgan fingerprint density at radius 1 is 1.00 bits per heavy atom. The van der Waals surface area contributed by atoms with E-state index in [0.29, 0.717) is 23.9 Å². The van der Waals surface area contributed by atoms with Crippen LogP contribution in [0.2, 0.25) is 5.02 Å². The first-order valence-corrected chi connectivity index (χ1v) is 9.35. The molecule has 0 aromatic heterocycles. The van der Waals surface area contributed by atoms with Gasteiger partial charge in [0.1, 0.15) is 6.61 Å². The van der Waals surface area contributed by atoms with E-state index in [4.69, 9.17) is 21.1 Å². The second-order valence-corrected chi connectivity index (χ2v) is 7.08. The van der Waals surface area contributed by atoms with Crippen LogP contribution in [-0.2, 0) is 13.2 Å². The van der Waals surface area contributed by atoms with Crippen LogP contribution in [0, 0.1) is 0 Å². The largest absolute Gasteiger partial charge is 0.493 e. The number of methoxy groups -OCH3 is 1. The highest BCUT2D eigenvalue weighted by Crippen LogP contribution is 2.36. The van der Waals surface area contributed by atoms with Crippen LogP contribution < -0.4 is 14.8 Å². The molecule has 0 atom stereocenters. The van der Waals surface area contributed by atoms with Crippen molar-refractivity contribution in [2.75, 3.05) is 12.4 Å². The van der Waals surface area contributed by atoms with Gasteiger partial charge in [-0.05, 0) is 42.0 Å². The summed E-state index contributed by atoms with van der Waals surface area (Å²) >= 11 is 9.48. The Bertz CT molecular complexity index is 854. The molecule has 3 nitrogen and oxygen atoms in total. The van der Waals surface area contributed by atoms with Gasteiger partial charge >= 0.3 is 0 Å². The van der Waals surface area contributed by atoms with E-state index in [0.717, 1.165) is 27.0 Å². The number of hydrogen-bond donors (Lipinski definition) is 1. The molecule has 0 saturated carbocycles. The minimum Gasteiger partial charge on any atom is -0.493 e. The van der Waals surface area contributed by atoms with Crippen LogP contribution in [0.25, 0.3) is 0 Å². The average Bonchev–Trinajstić information content (AvgIpc) is 2.67. The molecule has 0 saturated heterocycles. The third kappa shape index (κ3) is 4.93. The van der Waals surface area contributed by atoms with Crippen LogP contribution in [0.15, 0.2) is 71.2 Å². The number of anilines is 1. The first-order valence-electron chi connectivity index (χ1n) is 8.18. The maximum Gasteiger partial charge on any atom is 0.166 e. The van der Waals surface area contributed by atoms with Crippen LogP contribution in [0.1, 0.15) is 11.1 Å². The lowest BCUT2D eigenvalue weighted by Gasteiger charge is -2.17. The summed E-state index contributed by atoms with van der Waals surface area (Å²) in [6, 6.07) is 21.6. The Morgan fingerprint density at radius 2 is 1.73 bits per heavy atom. The molecule has 0 heterocycles. The summed E-state index contributed by atoms with van der Waals surface area (Å²) in [5.41, 5.74) is 3.10. The Morgan fingerprint density at radius 3 is 2.42 bits per heavy atom. The quantitative estimate of drug-likeness (QED) is 0.475. The average molecular weight is 433 g/mol. The maximum absolute atomic E-state index is 6.10. The minimum atomic E-state index is 0.479. The first-order chi connectivity index (χ1) is 12.7. The van der Waals surface area contributed by atoms with E-state index in [2.05, 4.69) is 21.2 Å². The van der Waals surface area contributed by atoms with E-state index >= 15 is 0 Å². The Labute approximate surface area is 167 Å². The fourth-order valence-corrected chi connectivity index (χ4v) is 3.17. The zero-order valence-electron chi connectivity index (χ0n) is 14.3. The Kier molecular flexibility index (Phi) is 6.42. The SMILES string of the molecule is COc1cc(Br)cc(CNc2ccc(Cl)cc2)c1OCc1ccccc1. The topological polar surface area (TPSA) is 30.5 Å². The van der Waals surface area contributed by atoms with Gasteiger partial charge in [0.15, 0.2) is 11.5 Å². The molecule has 0 fully saturated rings. The Balaban J connectivity index is 1.80. The summed E-state index contributed by atoms with van der Waals surface area (Å²) in [6.07, 6.45) is 0. The van der Waals surface area contributed by atoms with Crippen LogP contribution in [0.4, 0.5) is 5.69 Å². The number of halogens is 2. The lowest BCUT2D eigenvalue weighted by atomic mass is 10.1. The number of nitrogens with one attached hydrogen (secondary N) is 1. The van der Waals surface area contributed by atoms with Gasteiger partial charge in [0.25, 0.3) is 0 Å². The monoisotopic (exact) mass is 431 g/mol. The minimum absolute atomic E-state index is 0.479. The van der Waals surface area contributed by atoms with Gasteiger partial charge in [-0.3, -0.25) is 0 Å². The van der Waals surface area contributed by atoms with Gasteiger partial charge in [-0.15, -0.1) is 0 Å². The van der Waals surface area contributed by atoms with Crippen LogP contribution in [-0.4, -0.2) is 7.11 Å². The van der Waals surface area contributed by atoms with Gasteiger partial charge < -0.3 is 14.8 Å². The molecule has 26 heavy (non-hydrogen) atoms. The number of hydrogen-bond acceptors (Lipinski definition) is 3. The van der Waals surface area contributed by atoms with Gasteiger partial charge in [0.2, 0.25) is 0 Å². The summed E-state index contributed by atoms with van der Waals surface area (Å²) in [5.74, 6) is 1.43. The van der Waals surface area contributed by atoms with Crippen molar-refractivity contribution in [2.45, 2.75) is 13.2 Å². The van der Waals surface area contributed by atoms with Gasteiger partial charge in [-0.2, -0.15) is 0 Å². The summed E-state index contributed by atoms with van der Waals surface area (Å²) in [5, 5.41) is 4.10. The molecule has 3 aromatic rings. The standard InChI is InChI=1S/C21H19BrClNO2/c1-25-20-12-17(22)11-16(13-24-19-9-7-18(23)8-10-19)21(20)26-14-15-5-3-2-4-6-15/h2-12,24H,13-14H2,1H3. The van der Waals surface area contributed by atoms with Gasteiger partial charge in [-0.1, -0.05) is 57.9 Å². The molecule has 1 N–H and O–H groups in total. The molecule has 0 radical (unpaired) electrons. The zero-order chi connectivity index (χ0) is 18.4. The molecular formula is C21H19BrClNO2. The molecule has 5 heteroatoms. The molecular weight excluding hydrogens is 414 g/mol. The smallest absolute Gasteiger partial charge is 0.166 e. The molecule has 0 aliphatic carbocycles. The van der Waals surface area contributed by atoms with Crippen LogP contribution in [0.3, 0.4) is 0 Å². The van der Waals surface area contributed by atoms with E-state index in [1.807, 2.05) is 66.7 Å². The fraction of sp³-hybridized carbons (Fsp3) is 0.143. The van der Waals surface area contributed by atoms with Crippen molar-refractivity contribution in [3.05, 3.63) is 87.4 Å². The van der Waals surface area contributed by atoms with Gasteiger partial charge in [-0.25, -0.2) is 0 Å². The summed E-state index contributed by atoms with van der Waals surface area (Å²) < 4.78 is 12.6. The van der Waals surface area contributed by atoms with Crippen molar-refractivity contribution < 1.29 is 9.47 Å². The highest BCUT2D eigenvalue weighted by atomic mass is 79.9. The summed E-state index contributed by atoms with van der Waals surface area (Å²) in [7, 11) is 1.65. The zero-order valence-corrected chi connectivity index (χ0v) is 16.7. The Hall–Kier alpha value is -2.17. The molecule has 3 rings (SSSR count). The van der Waals surface area contributed by atoms with Crippen molar-refractivity contribution >= 4 is 33.2 Å². The second kappa shape index (κ2) is 8.97. The predicted molar refractivity (Wildman–Crippen MR) is 110 cm³/mol. The highest BCUT2D eigenvalue weighted by Gasteiger charge is 2.13. The van der Waals surface area contributed by atoms with Crippen molar-refractivity contribution in [3.8, 4) is 11.5 Å². The highest BCUT2D eigenvalue weighted by molar-refractivity contribution is 9.10. The van der Waals surface area contributed by atoms with Crippen LogP contribution >= 0.6 is 27.5 Å². The van der Waals surface area contributed by atoms with Crippen molar-refractivity contribution in [2.24, 2.45) is 0 Å². The van der Waals surface area contributed by atoms with Crippen molar-refractivity contribution in [3.63, 3.8) is 0 Å². The fourth-order valence-electron chi connectivity index (χ4n) is 2.56. The van der Waals surface area contributed by atoms with E-state index in [1.165, 1.54) is 0 Å². The van der Waals surface area contributed by atoms with Crippen molar-refractivity contribution in [1.29, 1.82) is 0 Å². The first kappa shape index (κ1) is 18.6. The van der Waals surface area contributed by atoms with Crippen LogP contribution in [0.5, 0.6) is 11.5 Å². The number of ether oxygens (including phenoxy) is 2. The molecule has 0 amide bonds. The molecule has 0 aliphatic rings. The number of benzene rings is 3. The van der Waals surface area contributed by atoms with E-state index in [-0.39, 0.29) is 0 Å². The third-order valence-electron chi connectivity index (χ3n) is 3.87. The normalized spacial score (nSPS) is 10.4. The molecule has 0 bridgehead atoms. The third-order valence-corrected chi connectivity index (χ3v) is 4.58. The predicted octanol–water partition coefficient (Wildman–Crippen LogP) is 6.30. The van der Waals surface area contributed by atoms with Crippen molar-refractivity contribution in [1.82, 2.24) is 0 Å². The molecule has 0 aliphatic heterocycles. The molecule has 0 spiro atoms. The maximum atomic E-state index is 6.10. The number of rotatable bonds is 7. The van der Waals surface area contributed by atoms with Gasteiger partial charge in [0, 0.05) is 27.3 Å². The van der Waals surface area contributed by atoms with E-state index < -0.39 is 0 Å². The lowest BCUT2D eigenvalue weighted by Crippen LogP contribution is -2.05.